The summed E-state index contributed by atoms with van der Waals surface area (Å²) in [6.45, 7) is 36.0. The number of rotatable bonds is 0. The van der Waals surface area contributed by atoms with Gasteiger partial charge in [-0.05, 0) is 0 Å². The second-order valence-corrected chi connectivity index (χ2v) is 0. The van der Waals surface area contributed by atoms with Crippen LogP contribution in [-0.4, -0.2) is 0 Å². The molecular formula is C8CdCo2O8. The predicted octanol–water partition coefficient (Wildman–Crippen LogP) is -0.308. The standard InChI is InChI=1S/8CO.Cd.2Co/c8*1-2;;;. The van der Waals surface area contributed by atoms with E-state index in [1.165, 1.54) is 0 Å². The summed E-state index contributed by atoms with van der Waals surface area (Å²) < 4.78 is 60.0. The van der Waals surface area contributed by atoms with Crippen molar-refractivity contribution in [2.24, 2.45) is 0 Å². The monoisotopic (exact) mass is 456 g/mol. The minimum absolute atomic E-state index is 0. The fourth-order valence-electron chi connectivity index (χ4n) is 0. The van der Waals surface area contributed by atoms with E-state index >= 15 is 0 Å². The summed E-state index contributed by atoms with van der Waals surface area (Å²) in [5.74, 6) is 0. The van der Waals surface area contributed by atoms with Gasteiger partial charge in [-0.3, -0.25) is 0 Å². The molecule has 0 bridgehead atoms. The van der Waals surface area contributed by atoms with Crippen LogP contribution >= 0.6 is 0 Å². The maximum Gasteiger partial charge on any atom is 0 e. The molecule has 0 heterocycles. The van der Waals surface area contributed by atoms with Gasteiger partial charge in [0.2, 0.25) is 0 Å². The fourth-order valence-corrected chi connectivity index (χ4v) is 0. The first-order chi connectivity index (χ1) is 8.00. The van der Waals surface area contributed by atoms with Gasteiger partial charge in [0, 0.05) is 60.9 Å². The van der Waals surface area contributed by atoms with Crippen molar-refractivity contribution in [1.82, 2.24) is 0 Å². The van der Waals surface area contributed by atoms with Crippen LogP contribution in [0.15, 0.2) is 0 Å². The van der Waals surface area contributed by atoms with Crippen molar-refractivity contribution >= 4 is 0 Å². The molecule has 0 aliphatic rings. The minimum atomic E-state index is 0. The average Bonchev–Trinajstić information content (AvgIpc) is 2.54. The molecule has 0 aromatic heterocycles. The molecule has 0 fully saturated rings. The summed E-state index contributed by atoms with van der Waals surface area (Å²) in [6.07, 6.45) is 0. The van der Waals surface area contributed by atoms with Crippen molar-refractivity contribution in [3.8, 4) is 0 Å². The van der Waals surface area contributed by atoms with Gasteiger partial charge < -0.3 is 0 Å². The SMILES string of the molecule is [C-]#[O+].[C-]#[O+].[C-]#[O+].[C-]#[O+].[C-]#[O+].[C-]#[O+].[C-]#[O+].[C-]#[O+].[Cd].[Co].[Co]. The van der Waals surface area contributed by atoms with E-state index in [4.69, 9.17) is 37.2 Å². The minimum Gasteiger partial charge on any atom is 0 e. The molecule has 2 radical (unpaired) electrons. The van der Waals surface area contributed by atoms with E-state index in [9.17, 15) is 0 Å². The first-order valence-electron chi connectivity index (χ1n) is 1.63. The summed E-state index contributed by atoms with van der Waals surface area (Å²) in [5, 5.41) is 0. The number of hydrogen-bond acceptors (Lipinski definition) is 0. The topological polar surface area (TPSA) is 159 Å². The zero-order valence-electron chi connectivity index (χ0n) is 8.64. The molecule has 0 aromatic carbocycles. The molecule has 0 atom stereocenters. The summed E-state index contributed by atoms with van der Waals surface area (Å²) in [5.41, 5.74) is 0. The van der Waals surface area contributed by atoms with Gasteiger partial charge in [-0.2, -0.15) is 0 Å². The van der Waals surface area contributed by atoms with Crippen LogP contribution in [0.25, 0.3) is 0 Å². The molecule has 0 unspecified atom stereocenters. The van der Waals surface area contributed by atoms with Gasteiger partial charge in [0.1, 0.15) is 0 Å². The second-order valence-electron chi connectivity index (χ2n) is 0. The van der Waals surface area contributed by atoms with Crippen LogP contribution in [0.4, 0.5) is 0 Å². The zero-order chi connectivity index (χ0) is 16.0. The van der Waals surface area contributed by atoms with Gasteiger partial charge in [-0.25, -0.2) is 0 Å². The molecule has 11 heteroatoms. The third-order valence-electron chi connectivity index (χ3n) is 0. The molecule has 0 saturated heterocycles. The second kappa shape index (κ2) is 241000. The Bertz CT molecular complexity index is 141. The molecule has 0 aliphatic heterocycles. The van der Waals surface area contributed by atoms with E-state index in [1.54, 1.807) is 0 Å². The quantitative estimate of drug-likeness (QED) is 0.267. The van der Waals surface area contributed by atoms with E-state index in [-0.39, 0.29) is 60.9 Å². The summed E-state index contributed by atoms with van der Waals surface area (Å²) >= 11 is 0. The van der Waals surface area contributed by atoms with Gasteiger partial charge in [-0.1, -0.05) is 0 Å². The smallest absolute Gasteiger partial charge is 0 e. The van der Waals surface area contributed by atoms with Crippen molar-refractivity contribution in [3.63, 3.8) is 0 Å². The van der Waals surface area contributed by atoms with Crippen molar-refractivity contribution in [2.75, 3.05) is 0 Å². The molecule has 19 heavy (non-hydrogen) atoms. The Morgan fingerprint density at radius 1 is 0.263 bits per heavy atom. The van der Waals surface area contributed by atoms with Crippen LogP contribution in [0.5, 0.6) is 0 Å². The maximum absolute atomic E-state index is 7.50. The Morgan fingerprint density at radius 2 is 0.263 bits per heavy atom. The molecule has 0 amide bonds. The summed E-state index contributed by atoms with van der Waals surface area (Å²) in [6, 6.07) is 0. The first kappa shape index (κ1) is 97.4. The Morgan fingerprint density at radius 3 is 0.263 bits per heavy atom. The Kier molecular flexibility index (Phi) is 1240000. The Labute approximate surface area is 150 Å². The van der Waals surface area contributed by atoms with Gasteiger partial charge in [0.05, 0.1) is 0 Å². The van der Waals surface area contributed by atoms with Crippen molar-refractivity contribution in [1.29, 1.82) is 0 Å². The predicted molar refractivity (Wildman–Crippen MR) is 31.4 cm³/mol. The molecule has 100 valence electrons. The van der Waals surface area contributed by atoms with Crippen LogP contribution in [-0.2, 0) is 98.1 Å². The van der Waals surface area contributed by atoms with Crippen LogP contribution in [0.3, 0.4) is 0 Å². The van der Waals surface area contributed by atoms with E-state index < -0.39 is 0 Å². The van der Waals surface area contributed by atoms with E-state index in [2.05, 4.69) is 53.2 Å². The summed E-state index contributed by atoms with van der Waals surface area (Å²) in [4.78, 5) is 0. The Balaban J connectivity index is -0.00000000418. The van der Waals surface area contributed by atoms with Gasteiger partial charge in [-0.15, -0.1) is 0 Å². The number of hydrogen-bond donors (Lipinski definition) is 0. The van der Waals surface area contributed by atoms with Gasteiger partial charge >= 0.3 is 90.4 Å². The van der Waals surface area contributed by atoms with Crippen LogP contribution < -0.4 is 0 Å². The van der Waals surface area contributed by atoms with Crippen LogP contribution in [0, 0.1) is 53.2 Å². The molecule has 0 aliphatic carbocycles. The van der Waals surface area contributed by atoms with Crippen LogP contribution in [0.1, 0.15) is 0 Å². The fraction of sp³-hybridized carbons (Fsp3) is 0. The molecule has 0 saturated carbocycles. The van der Waals surface area contributed by atoms with Crippen molar-refractivity contribution in [3.05, 3.63) is 53.2 Å². The zero-order valence-corrected chi connectivity index (χ0v) is 14.8. The van der Waals surface area contributed by atoms with Gasteiger partial charge in [0.25, 0.3) is 0 Å². The first-order valence-corrected chi connectivity index (χ1v) is 1.63. The molecule has 0 spiro atoms. The molecule has 0 rings (SSSR count). The van der Waals surface area contributed by atoms with E-state index in [0.717, 1.165) is 0 Å². The average molecular weight is 454 g/mol. The van der Waals surface area contributed by atoms with Crippen molar-refractivity contribution in [2.45, 2.75) is 0 Å². The van der Waals surface area contributed by atoms with Crippen LogP contribution in [0.2, 0.25) is 0 Å². The Hall–Kier alpha value is -0.145. The van der Waals surface area contributed by atoms with E-state index in [1.807, 2.05) is 0 Å². The van der Waals surface area contributed by atoms with E-state index in [0.29, 0.717) is 0 Å². The molecule has 8 nitrogen and oxygen atoms in total. The molecule has 0 aromatic rings. The summed E-state index contributed by atoms with van der Waals surface area (Å²) in [7, 11) is 0. The largest absolute Gasteiger partial charge is 0 e. The maximum atomic E-state index is 7.50. The molecular weight excluding hydrogens is 454 g/mol. The third kappa shape index (κ3) is 214000. The van der Waals surface area contributed by atoms with Gasteiger partial charge in [0.15, 0.2) is 0 Å². The molecule has 0 N–H and O–H groups in total. The normalized spacial score (nSPS) is 0.842. The third-order valence-corrected chi connectivity index (χ3v) is 0. The van der Waals surface area contributed by atoms with Crippen molar-refractivity contribution < 1.29 is 98.1 Å².